The third kappa shape index (κ3) is 6.10. The number of carbonyl (C=O) groups excluding carboxylic acids is 1. The average molecular weight is 468 g/mol. The molecule has 0 saturated heterocycles. The number of benzene rings is 3. The van der Waals surface area contributed by atoms with Crippen molar-refractivity contribution in [2.24, 2.45) is 0 Å². The molecule has 0 aliphatic rings. The number of nitrogens with one attached hydrogen (secondary N) is 1. The van der Waals surface area contributed by atoms with Crippen LogP contribution in [0.5, 0.6) is 11.5 Å². The number of hydrogen-bond acceptors (Lipinski definition) is 3. The van der Waals surface area contributed by atoms with Gasteiger partial charge in [0.2, 0.25) is 0 Å². The van der Waals surface area contributed by atoms with Crippen molar-refractivity contribution in [3.63, 3.8) is 0 Å². The fraction of sp³-hybridized carbons (Fsp3) is 0.240. The number of amides is 1. The lowest BCUT2D eigenvalue weighted by molar-refractivity contribution is -0.118. The summed E-state index contributed by atoms with van der Waals surface area (Å²) in [6.07, 6.45) is 0. The van der Waals surface area contributed by atoms with Gasteiger partial charge in [0.25, 0.3) is 5.91 Å². The molecule has 3 aromatic rings. The van der Waals surface area contributed by atoms with Crippen molar-refractivity contribution in [2.75, 3.05) is 11.9 Å². The molecule has 4 nitrogen and oxygen atoms in total. The Morgan fingerprint density at radius 1 is 0.900 bits per heavy atom. The van der Waals surface area contributed by atoms with Gasteiger partial charge in [0.1, 0.15) is 18.1 Å². The van der Waals surface area contributed by atoms with Crippen molar-refractivity contribution in [1.82, 2.24) is 0 Å². The first kappa shape index (κ1) is 21.9. The molecule has 0 fully saturated rings. The Hall–Kier alpha value is -2.79. The molecule has 3 aromatic carbocycles. The van der Waals surface area contributed by atoms with Crippen molar-refractivity contribution in [2.45, 2.75) is 32.8 Å². The summed E-state index contributed by atoms with van der Waals surface area (Å²) in [5.74, 6) is 1.08. The second-order valence-electron chi connectivity index (χ2n) is 8.00. The molecule has 3 rings (SSSR count). The highest BCUT2D eigenvalue weighted by Crippen LogP contribution is 2.33. The number of para-hydroxylation sites is 2. The minimum atomic E-state index is -0.242. The molecule has 5 heteroatoms. The topological polar surface area (TPSA) is 47.6 Å². The Morgan fingerprint density at radius 3 is 2.33 bits per heavy atom. The van der Waals surface area contributed by atoms with Gasteiger partial charge in [0.15, 0.2) is 6.61 Å². The summed E-state index contributed by atoms with van der Waals surface area (Å²) in [5, 5.41) is 2.89. The summed E-state index contributed by atoms with van der Waals surface area (Å²) < 4.78 is 12.7. The van der Waals surface area contributed by atoms with Crippen LogP contribution in [0.1, 0.15) is 31.9 Å². The molecule has 0 unspecified atom stereocenters. The molecule has 30 heavy (non-hydrogen) atoms. The van der Waals surface area contributed by atoms with Crippen molar-refractivity contribution in [3.05, 3.63) is 88.4 Å². The summed E-state index contributed by atoms with van der Waals surface area (Å²) in [7, 11) is 0. The first-order chi connectivity index (χ1) is 14.3. The Bertz CT molecular complexity index is 997. The minimum absolute atomic E-state index is 0.0856. The summed E-state index contributed by atoms with van der Waals surface area (Å²) in [6.45, 7) is 6.68. The Kier molecular flexibility index (Phi) is 7.16. The van der Waals surface area contributed by atoms with Crippen LogP contribution in [0, 0.1) is 0 Å². The van der Waals surface area contributed by atoms with Crippen LogP contribution in [0.15, 0.2) is 77.3 Å². The van der Waals surface area contributed by atoms with E-state index in [4.69, 9.17) is 9.47 Å². The Balaban J connectivity index is 1.64. The van der Waals surface area contributed by atoms with E-state index in [1.165, 1.54) is 0 Å². The lowest BCUT2D eigenvalue weighted by atomic mass is 9.86. The highest BCUT2D eigenvalue weighted by atomic mass is 79.9. The van der Waals surface area contributed by atoms with Crippen LogP contribution < -0.4 is 14.8 Å². The zero-order valence-electron chi connectivity index (χ0n) is 17.4. The van der Waals surface area contributed by atoms with Gasteiger partial charge in [-0.15, -0.1) is 0 Å². The fourth-order valence-corrected chi connectivity index (χ4v) is 3.34. The largest absolute Gasteiger partial charge is 0.487 e. The number of carbonyl (C=O) groups is 1. The maximum atomic E-state index is 12.5. The molecule has 156 valence electrons. The van der Waals surface area contributed by atoms with Crippen LogP contribution in [0.3, 0.4) is 0 Å². The van der Waals surface area contributed by atoms with E-state index in [0.29, 0.717) is 23.8 Å². The molecular weight excluding hydrogens is 442 g/mol. The predicted molar refractivity (Wildman–Crippen MR) is 124 cm³/mol. The van der Waals surface area contributed by atoms with Crippen LogP contribution in [-0.2, 0) is 16.8 Å². The molecule has 0 radical (unpaired) electrons. The molecule has 0 heterocycles. The smallest absolute Gasteiger partial charge is 0.262 e. The maximum absolute atomic E-state index is 12.5. The van der Waals surface area contributed by atoms with Crippen molar-refractivity contribution < 1.29 is 14.3 Å². The third-order valence-corrected chi connectivity index (χ3v) is 5.00. The van der Waals surface area contributed by atoms with Gasteiger partial charge in [-0.2, -0.15) is 0 Å². The monoisotopic (exact) mass is 467 g/mol. The van der Waals surface area contributed by atoms with Crippen molar-refractivity contribution >= 4 is 27.5 Å². The molecule has 1 amide bonds. The fourth-order valence-electron chi connectivity index (χ4n) is 2.97. The summed E-state index contributed by atoms with van der Waals surface area (Å²) in [4.78, 5) is 12.5. The van der Waals surface area contributed by atoms with Crippen LogP contribution in [0.2, 0.25) is 0 Å². The van der Waals surface area contributed by atoms with Crippen LogP contribution in [-0.4, -0.2) is 12.5 Å². The van der Waals surface area contributed by atoms with Crippen molar-refractivity contribution in [1.29, 1.82) is 0 Å². The van der Waals surface area contributed by atoms with Gasteiger partial charge < -0.3 is 14.8 Å². The van der Waals surface area contributed by atoms with Gasteiger partial charge in [0.05, 0.1) is 5.69 Å². The maximum Gasteiger partial charge on any atom is 0.262 e. The molecule has 0 aromatic heterocycles. The van der Waals surface area contributed by atoms with E-state index in [-0.39, 0.29) is 17.9 Å². The zero-order chi connectivity index (χ0) is 21.6. The number of rotatable bonds is 7. The second-order valence-corrected chi connectivity index (χ2v) is 8.91. The highest BCUT2D eigenvalue weighted by molar-refractivity contribution is 9.10. The van der Waals surface area contributed by atoms with E-state index in [9.17, 15) is 4.79 Å². The first-order valence-corrected chi connectivity index (χ1v) is 10.6. The van der Waals surface area contributed by atoms with E-state index in [0.717, 1.165) is 15.6 Å². The van der Waals surface area contributed by atoms with Crippen LogP contribution in [0.4, 0.5) is 5.69 Å². The normalized spacial score (nSPS) is 11.1. The van der Waals surface area contributed by atoms with Gasteiger partial charge in [0, 0.05) is 10.0 Å². The van der Waals surface area contributed by atoms with Gasteiger partial charge in [-0.3, -0.25) is 4.79 Å². The molecule has 0 aliphatic carbocycles. The Morgan fingerprint density at radius 2 is 1.60 bits per heavy atom. The lowest BCUT2D eigenvalue weighted by Gasteiger charge is -2.23. The first-order valence-electron chi connectivity index (χ1n) is 9.81. The molecule has 0 bridgehead atoms. The van der Waals surface area contributed by atoms with Gasteiger partial charge in [-0.25, -0.2) is 0 Å². The highest BCUT2D eigenvalue weighted by Gasteiger charge is 2.20. The standard InChI is InChI=1S/C25H26BrNO3/c1-25(2,3)20-15-19(26)13-14-22(20)30-17-24(28)27-21-11-7-8-12-23(21)29-16-18-9-5-4-6-10-18/h4-15H,16-17H2,1-3H3,(H,27,28). The molecule has 1 N–H and O–H groups in total. The summed E-state index contributed by atoms with van der Waals surface area (Å²) in [6, 6.07) is 23.1. The Labute approximate surface area is 186 Å². The van der Waals surface area contributed by atoms with Gasteiger partial charge in [-0.1, -0.05) is 79.2 Å². The molecule has 0 atom stereocenters. The molecular formula is C25H26BrNO3. The van der Waals surface area contributed by atoms with E-state index in [1.807, 2.05) is 72.8 Å². The SMILES string of the molecule is CC(C)(C)c1cc(Br)ccc1OCC(=O)Nc1ccccc1OCc1ccccc1. The molecule has 0 saturated carbocycles. The zero-order valence-corrected chi connectivity index (χ0v) is 19.0. The molecule has 0 aliphatic heterocycles. The third-order valence-electron chi connectivity index (χ3n) is 4.51. The van der Waals surface area contributed by atoms with E-state index in [1.54, 1.807) is 0 Å². The number of halogens is 1. The van der Waals surface area contributed by atoms with Gasteiger partial charge >= 0.3 is 0 Å². The quantitative estimate of drug-likeness (QED) is 0.440. The average Bonchev–Trinajstić information content (AvgIpc) is 2.72. The molecule has 0 spiro atoms. The number of anilines is 1. The van der Waals surface area contributed by atoms with E-state index in [2.05, 4.69) is 42.0 Å². The second kappa shape index (κ2) is 9.81. The van der Waals surface area contributed by atoms with Crippen LogP contribution >= 0.6 is 15.9 Å². The van der Waals surface area contributed by atoms with Gasteiger partial charge in [-0.05, 0) is 41.3 Å². The van der Waals surface area contributed by atoms with E-state index < -0.39 is 0 Å². The number of hydrogen-bond donors (Lipinski definition) is 1. The van der Waals surface area contributed by atoms with Crippen molar-refractivity contribution in [3.8, 4) is 11.5 Å². The summed E-state index contributed by atoms with van der Waals surface area (Å²) >= 11 is 3.50. The summed E-state index contributed by atoms with van der Waals surface area (Å²) in [5.41, 5.74) is 2.62. The predicted octanol–water partition coefficient (Wildman–Crippen LogP) is 6.34. The van der Waals surface area contributed by atoms with Crippen LogP contribution in [0.25, 0.3) is 0 Å². The van der Waals surface area contributed by atoms with E-state index >= 15 is 0 Å². The number of ether oxygens (including phenoxy) is 2. The minimum Gasteiger partial charge on any atom is -0.487 e. The lowest BCUT2D eigenvalue weighted by Crippen LogP contribution is -2.22.